The number of anilines is 1. The average Bonchev–Trinajstić information content (AvgIpc) is 3.27. The molecule has 160 valence electrons. The Hall–Kier alpha value is -3.06. The first-order chi connectivity index (χ1) is 14.8. The van der Waals surface area contributed by atoms with Gasteiger partial charge in [-0.2, -0.15) is 0 Å². The number of furan rings is 1. The minimum Gasteiger partial charge on any atom is -0.503 e. The Morgan fingerprint density at radius 3 is 2.52 bits per heavy atom. The molecule has 0 saturated heterocycles. The molecule has 0 fully saturated rings. The molecule has 1 aliphatic rings. The summed E-state index contributed by atoms with van der Waals surface area (Å²) in [5, 5.41) is 11.5. The second-order valence-corrected chi connectivity index (χ2v) is 8.69. The summed E-state index contributed by atoms with van der Waals surface area (Å²) >= 11 is 3.41. The largest absolute Gasteiger partial charge is 0.503 e. The normalized spacial score (nSPS) is 16.5. The predicted octanol–water partition coefficient (Wildman–Crippen LogP) is 5.25. The SMILES string of the molecule is CCCN1C(=O)C(O)=C(C(=O)c2cc3cc(Br)ccc3o2)C1c1ccc(N(C)C)cc1. The van der Waals surface area contributed by atoms with Gasteiger partial charge in [0.1, 0.15) is 5.58 Å². The fraction of sp³-hybridized carbons (Fsp3) is 0.250. The van der Waals surface area contributed by atoms with Crippen molar-refractivity contribution in [1.82, 2.24) is 4.90 Å². The van der Waals surface area contributed by atoms with Crippen LogP contribution in [0, 0.1) is 0 Å². The van der Waals surface area contributed by atoms with Crippen molar-refractivity contribution < 1.29 is 19.1 Å². The van der Waals surface area contributed by atoms with Gasteiger partial charge < -0.3 is 19.3 Å². The lowest BCUT2D eigenvalue weighted by molar-refractivity contribution is -0.129. The number of Topliss-reactive ketones (excluding diaryl/α,β-unsaturated/α-hetero) is 1. The molecule has 0 bridgehead atoms. The average molecular weight is 483 g/mol. The highest BCUT2D eigenvalue weighted by Crippen LogP contribution is 2.40. The van der Waals surface area contributed by atoms with Gasteiger partial charge in [0.05, 0.1) is 11.6 Å². The van der Waals surface area contributed by atoms with E-state index < -0.39 is 23.5 Å². The van der Waals surface area contributed by atoms with Gasteiger partial charge in [0.25, 0.3) is 5.91 Å². The van der Waals surface area contributed by atoms with E-state index in [1.54, 1.807) is 17.0 Å². The lowest BCUT2D eigenvalue weighted by Gasteiger charge is -2.26. The lowest BCUT2D eigenvalue weighted by Crippen LogP contribution is -2.31. The highest BCUT2D eigenvalue weighted by Gasteiger charge is 2.44. The summed E-state index contributed by atoms with van der Waals surface area (Å²) in [6.45, 7) is 2.38. The van der Waals surface area contributed by atoms with E-state index in [9.17, 15) is 14.7 Å². The fourth-order valence-electron chi connectivity index (χ4n) is 3.92. The van der Waals surface area contributed by atoms with Crippen LogP contribution in [0.4, 0.5) is 5.69 Å². The molecule has 1 unspecified atom stereocenters. The van der Waals surface area contributed by atoms with E-state index in [0.29, 0.717) is 18.5 Å². The van der Waals surface area contributed by atoms with Crippen LogP contribution >= 0.6 is 15.9 Å². The number of fused-ring (bicyclic) bond motifs is 1. The Kier molecular flexibility index (Phi) is 5.62. The fourth-order valence-corrected chi connectivity index (χ4v) is 4.30. The van der Waals surface area contributed by atoms with Crippen LogP contribution in [0.15, 0.2) is 68.8 Å². The molecule has 2 heterocycles. The van der Waals surface area contributed by atoms with Crippen molar-refractivity contribution in [1.29, 1.82) is 0 Å². The molecule has 31 heavy (non-hydrogen) atoms. The number of aliphatic hydroxyl groups excluding tert-OH is 1. The number of nitrogens with zero attached hydrogens (tertiary/aromatic N) is 2. The van der Waals surface area contributed by atoms with Crippen LogP contribution in [0.2, 0.25) is 0 Å². The summed E-state index contributed by atoms with van der Waals surface area (Å²) in [7, 11) is 3.89. The van der Waals surface area contributed by atoms with Crippen molar-refractivity contribution in [3.05, 3.63) is 75.7 Å². The van der Waals surface area contributed by atoms with E-state index in [1.165, 1.54) is 0 Å². The topological polar surface area (TPSA) is 74.0 Å². The number of rotatable bonds is 6. The summed E-state index contributed by atoms with van der Waals surface area (Å²) in [4.78, 5) is 29.8. The van der Waals surface area contributed by atoms with Crippen LogP contribution in [-0.4, -0.2) is 42.3 Å². The van der Waals surface area contributed by atoms with E-state index in [-0.39, 0.29) is 11.3 Å². The van der Waals surface area contributed by atoms with E-state index in [1.807, 2.05) is 62.3 Å². The monoisotopic (exact) mass is 482 g/mol. The van der Waals surface area contributed by atoms with Crippen molar-refractivity contribution in [3.8, 4) is 0 Å². The number of hydrogen-bond donors (Lipinski definition) is 1. The summed E-state index contributed by atoms with van der Waals surface area (Å²) in [5.74, 6) is -1.44. The molecule has 0 saturated carbocycles. The highest BCUT2D eigenvalue weighted by molar-refractivity contribution is 9.10. The van der Waals surface area contributed by atoms with Crippen molar-refractivity contribution in [2.45, 2.75) is 19.4 Å². The molecule has 6 nitrogen and oxygen atoms in total. The van der Waals surface area contributed by atoms with Gasteiger partial charge in [-0.05, 0) is 48.4 Å². The van der Waals surface area contributed by atoms with Crippen LogP contribution in [0.5, 0.6) is 0 Å². The molecule has 4 rings (SSSR count). The lowest BCUT2D eigenvalue weighted by atomic mass is 9.94. The molecule has 1 atom stereocenters. The number of benzene rings is 2. The summed E-state index contributed by atoms with van der Waals surface area (Å²) in [6, 6.07) is 14.1. The summed E-state index contributed by atoms with van der Waals surface area (Å²) < 4.78 is 6.63. The first kappa shape index (κ1) is 21.2. The van der Waals surface area contributed by atoms with E-state index in [0.717, 1.165) is 21.1 Å². The number of ketones is 1. The molecule has 0 spiro atoms. The van der Waals surface area contributed by atoms with Crippen molar-refractivity contribution >= 4 is 44.3 Å². The maximum absolute atomic E-state index is 13.5. The van der Waals surface area contributed by atoms with Gasteiger partial charge in [0.15, 0.2) is 11.5 Å². The van der Waals surface area contributed by atoms with Crippen molar-refractivity contribution in [2.24, 2.45) is 0 Å². The first-order valence-corrected chi connectivity index (χ1v) is 10.9. The van der Waals surface area contributed by atoms with Gasteiger partial charge in [0.2, 0.25) is 5.78 Å². The van der Waals surface area contributed by atoms with E-state index in [2.05, 4.69) is 15.9 Å². The Morgan fingerprint density at radius 1 is 1.16 bits per heavy atom. The molecule has 1 N–H and O–H groups in total. The zero-order valence-corrected chi connectivity index (χ0v) is 19.1. The van der Waals surface area contributed by atoms with Gasteiger partial charge >= 0.3 is 0 Å². The zero-order chi connectivity index (χ0) is 22.3. The Bertz CT molecular complexity index is 1190. The summed E-state index contributed by atoms with van der Waals surface area (Å²) in [5.41, 5.74) is 2.38. The van der Waals surface area contributed by atoms with Gasteiger partial charge in [0, 0.05) is 36.2 Å². The Balaban J connectivity index is 1.79. The van der Waals surface area contributed by atoms with Gasteiger partial charge in [-0.25, -0.2) is 0 Å². The number of halogens is 1. The third kappa shape index (κ3) is 3.74. The molecule has 1 aromatic heterocycles. The van der Waals surface area contributed by atoms with E-state index >= 15 is 0 Å². The van der Waals surface area contributed by atoms with Crippen LogP contribution in [0.25, 0.3) is 11.0 Å². The Morgan fingerprint density at radius 2 is 1.87 bits per heavy atom. The molecule has 3 aromatic rings. The number of amides is 1. The minimum absolute atomic E-state index is 0.0502. The molecular formula is C24H23BrN2O4. The van der Waals surface area contributed by atoms with Crippen molar-refractivity contribution in [2.75, 3.05) is 25.5 Å². The number of carbonyl (C=O) groups excluding carboxylic acids is 2. The third-order valence-corrected chi connectivity index (χ3v) is 5.93. The first-order valence-electron chi connectivity index (χ1n) is 10.1. The van der Waals surface area contributed by atoms with Crippen LogP contribution in [0.1, 0.15) is 35.5 Å². The molecule has 1 amide bonds. The zero-order valence-electron chi connectivity index (χ0n) is 17.6. The smallest absolute Gasteiger partial charge is 0.290 e. The molecule has 1 aliphatic heterocycles. The molecular weight excluding hydrogens is 460 g/mol. The van der Waals surface area contributed by atoms with E-state index in [4.69, 9.17) is 4.42 Å². The molecule has 2 aromatic carbocycles. The quantitative estimate of drug-likeness (QED) is 0.485. The number of carbonyl (C=O) groups is 2. The molecule has 0 radical (unpaired) electrons. The van der Waals surface area contributed by atoms with Crippen molar-refractivity contribution in [3.63, 3.8) is 0 Å². The van der Waals surface area contributed by atoms with Gasteiger partial charge in [-0.1, -0.05) is 35.0 Å². The second kappa shape index (κ2) is 8.23. The van der Waals surface area contributed by atoms with Gasteiger partial charge in [-0.3, -0.25) is 9.59 Å². The molecule has 0 aliphatic carbocycles. The number of aliphatic hydroxyl groups is 1. The maximum Gasteiger partial charge on any atom is 0.290 e. The van der Waals surface area contributed by atoms with Crippen LogP contribution < -0.4 is 4.90 Å². The number of hydrogen-bond acceptors (Lipinski definition) is 5. The predicted molar refractivity (Wildman–Crippen MR) is 123 cm³/mol. The maximum atomic E-state index is 13.5. The summed E-state index contributed by atoms with van der Waals surface area (Å²) in [6.07, 6.45) is 0.700. The third-order valence-electron chi connectivity index (χ3n) is 5.44. The second-order valence-electron chi connectivity index (χ2n) is 7.77. The van der Waals surface area contributed by atoms with Crippen LogP contribution in [0.3, 0.4) is 0 Å². The minimum atomic E-state index is -0.670. The van der Waals surface area contributed by atoms with Gasteiger partial charge in [-0.15, -0.1) is 0 Å². The standard InChI is InChI=1S/C24H23BrN2O4/c1-4-11-27-21(14-5-8-17(9-6-14)26(2)3)20(23(29)24(27)30)22(28)19-13-15-12-16(25)7-10-18(15)31-19/h5-10,12-13,21,29H,4,11H2,1-3H3. The Labute approximate surface area is 188 Å². The molecule has 7 heteroatoms. The van der Waals surface area contributed by atoms with Crippen LogP contribution in [-0.2, 0) is 4.79 Å². The highest BCUT2D eigenvalue weighted by atomic mass is 79.9.